The smallest absolute Gasteiger partial charge is 0.253 e. The van der Waals surface area contributed by atoms with E-state index >= 15 is 0 Å². The molecule has 1 aliphatic heterocycles. The van der Waals surface area contributed by atoms with Gasteiger partial charge in [0, 0.05) is 54.4 Å². The third-order valence-electron chi connectivity index (χ3n) is 6.23. The summed E-state index contributed by atoms with van der Waals surface area (Å²) in [7, 11) is 1.68. The summed E-state index contributed by atoms with van der Waals surface area (Å²) in [5.74, 6) is 2.66. The van der Waals surface area contributed by atoms with Crippen molar-refractivity contribution in [2.45, 2.75) is 33.1 Å². The van der Waals surface area contributed by atoms with Crippen molar-refractivity contribution in [3.05, 3.63) is 81.8 Å². The van der Waals surface area contributed by atoms with Crippen molar-refractivity contribution >= 4 is 23.3 Å². The maximum absolute atomic E-state index is 13.1. The van der Waals surface area contributed by atoms with Gasteiger partial charge in [0.05, 0.1) is 7.11 Å². The number of carbonyl (C=O) groups is 1. The number of nitrogens with zero attached hydrogens (tertiary/aromatic N) is 4. The van der Waals surface area contributed by atoms with Crippen molar-refractivity contribution in [3.63, 3.8) is 0 Å². The number of ether oxygens (including phenoxy) is 1. The Morgan fingerprint density at radius 2 is 1.74 bits per heavy atom. The number of aryl methyl sites for hydroxylation is 2. The van der Waals surface area contributed by atoms with Crippen molar-refractivity contribution in [2.75, 3.05) is 38.2 Å². The van der Waals surface area contributed by atoms with Crippen LogP contribution in [0.25, 0.3) is 0 Å². The third kappa shape index (κ3) is 5.50. The van der Waals surface area contributed by atoms with Gasteiger partial charge in [-0.2, -0.15) is 0 Å². The summed E-state index contributed by atoms with van der Waals surface area (Å²) in [6.07, 6.45) is 2.48. The minimum Gasteiger partial charge on any atom is -0.497 e. The topological polar surface area (TPSA) is 58.6 Å². The summed E-state index contributed by atoms with van der Waals surface area (Å²) in [4.78, 5) is 26.9. The van der Waals surface area contributed by atoms with Crippen molar-refractivity contribution in [1.82, 2.24) is 14.9 Å². The fourth-order valence-electron chi connectivity index (χ4n) is 4.43. The van der Waals surface area contributed by atoms with Crippen LogP contribution in [-0.2, 0) is 12.8 Å². The van der Waals surface area contributed by atoms with E-state index in [1.165, 1.54) is 5.56 Å². The monoisotopic (exact) mass is 478 g/mol. The molecule has 1 saturated heterocycles. The quantitative estimate of drug-likeness (QED) is 0.501. The normalized spacial score (nSPS) is 14.1. The number of benzene rings is 2. The molecule has 0 N–H and O–H groups in total. The number of anilines is 1. The van der Waals surface area contributed by atoms with E-state index in [9.17, 15) is 4.79 Å². The van der Waals surface area contributed by atoms with Crippen LogP contribution in [0.1, 0.15) is 46.3 Å². The summed E-state index contributed by atoms with van der Waals surface area (Å²) in [6.45, 7) is 7.03. The summed E-state index contributed by atoms with van der Waals surface area (Å²) < 4.78 is 5.31. The fourth-order valence-corrected chi connectivity index (χ4v) is 4.55. The molecule has 1 aromatic heterocycles. The average molecular weight is 479 g/mol. The highest BCUT2D eigenvalue weighted by Crippen LogP contribution is 2.27. The fraction of sp³-hybridized carbons (Fsp3) is 0.370. The van der Waals surface area contributed by atoms with Gasteiger partial charge < -0.3 is 14.5 Å². The van der Waals surface area contributed by atoms with Crippen molar-refractivity contribution in [2.24, 2.45) is 0 Å². The van der Waals surface area contributed by atoms with Gasteiger partial charge in [0.2, 0.25) is 0 Å². The number of hydrogen-bond donors (Lipinski definition) is 0. The molecular weight excluding hydrogens is 448 g/mol. The van der Waals surface area contributed by atoms with Gasteiger partial charge >= 0.3 is 0 Å². The van der Waals surface area contributed by atoms with Crippen molar-refractivity contribution in [1.29, 1.82) is 0 Å². The molecule has 2 aromatic carbocycles. The molecule has 1 fully saturated rings. The zero-order valence-corrected chi connectivity index (χ0v) is 20.8. The van der Waals surface area contributed by atoms with Crippen LogP contribution in [0.3, 0.4) is 0 Å². The second-order valence-electron chi connectivity index (χ2n) is 8.54. The third-order valence-corrected chi connectivity index (χ3v) is 6.48. The average Bonchev–Trinajstić information content (AvgIpc) is 3.11. The lowest BCUT2D eigenvalue weighted by Crippen LogP contribution is -2.35. The van der Waals surface area contributed by atoms with Crippen LogP contribution in [0.2, 0.25) is 5.02 Å². The highest BCUT2D eigenvalue weighted by atomic mass is 35.5. The molecule has 34 heavy (non-hydrogen) atoms. The predicted octanol–water partition coefficient (Wildman–Crippen LogP) is 4.95. The van der Waals surface area contributed by atoms with E-state index in [0.29, 0.717) is 17.1 Å². The lowest BCUT2D eigenvalue weighted by molar-refractivity contribution is 0.0767. The maximum atomic E-state index is 13.1. The van der Waals surface area contributed by atoms with Gasteiger partial charge in [-0.05, 0) is 61.7 Å². The lowest BCUT2D eigenvalue weighted by Gasteiger charge is -2.26. The van der Waals surface area contributed by atoms with Crippen LogP contribution in [0.5, 0.6) is 5.75 Å². The predicted molar refractivity (Wildman–Crippen MR) is 136 cm³/mol. The minimum atomic E-state index is 0.0464. The number of amides is 1. The first kappa shape index (κ1) is 24.0. The van der Waals surface area contributed by atoms with Crippen molar-refractivity contribution in [3.8, 4) is 5.75 Å². The van der Waals surface area contributed by atoms with Crippen LogP contribution in [0.15, 0.2) is 48.5 Å². The number of carbonyl (C=O) groups excluding carboxylic acids is 1. The molecule has 0 radical (unpaired) electrons. The number of rotatable bonds is 6. The first-order chi connectivity index (χ1) is 16.5. The van der Waals surface area contributed by atoms with Gasteiger partial charge in [0.15, 0.2) is 0 Å². The summed E-state index contributed by atoms with van der Waals surface area (Å²) >= 11 is 5.99. The molecule has 0 bridgehead atoms. The Labute approximate surface area is 206 Å². The summed E-state index contributed by atoms with van der Waals surface area (Å²) in [5.41, 5.74) is 4.11. The maximum Gasteiger partial charge on any atom is 0.253 e. The molecule has 3 aromatic rings. The first-order valence-electron chi connectivity index (χ1n) is 11.8. The Balaban J connectivity index is 1.57. The van der Waals surface area contributed by atoms with Crippen molar-refractivity contribution < 1.29 is 9.53 Å². The Morgan fingerprint density at radius 1 is 1.00 bits per heavy atom. The Bertz CT molecular complexity index is 1130. The van der Waals surface area contributed by atoms with E-state index in [0.717, 1.165) is 67.5 Å². The lowest BCUT2D eigenvalue weighted by atomic mass is 10.0. The van der Waals surface area contributed by atoms with E-state index in [2.05, 4.69) is 24.0 Å². The standard InChI is InChI=1S/C27H31ClN4O2/c1-4-25-24(18-20-6-12-23(34-3)13-7-20)26(30-19(2)29-25)31-14-5-15-32(17-16-31)27(33)21-8-10-22(28)11-9-21/h6-13H,4-5,14-18H2,1-3H3. The Kier molecular flexibility index (Phi) is 7.68. The highest BCUT2D eigenvalue weighted by Gasteiger charge is 2.24. The van der Waals surface area contributed by atoms with E-state index in [1.807, 2.05) is 24.0 Å². The first-order valence-corrected chi connectivity index (χ1v) is 12.2. The largest absolute Gasteiger partial charge is 0.497 e. The molecule has 7 heteroatoms. The Morgan fingerprint density at radius 3 is 2.41 bits per heavy atom. The Hall–Kier alpha value is -3.12. The van der Waals surface area contributed by atoms with Crippen LogP contribution in [-0.4, -0.2) is 54.1 Å². The number of hydrogen-bond acceptors (Lipinski definition) is 5. The molecule has 0 atom stereocenters. The molecule has 1 aliphatic rings. The minimum absolute atomic E-state index is 0.0464. The zero-order valence-electron chi connectivity index (χ0n) is 20.1. The van der Waals surface area contributed by atoms with Gasteiger partial charge in [-0.3, -0.25) is 4.79 Å². The van der Waals surface area contributed by atoms with Crippen LogP contribution >= 0.6 is 11.6 Å². The molecule has 1 amide bonds. The van der Waals surface area contributed by atoms with Gasteiger partial charge in [-0.25, -0.2) is 9.97 Å². The van der Waals surface area contributed by atoms with E-state index in [1.54, 1.807) is 31.4 Å². The molecular formula is C27H31ClN4O2. The van der Waals surface area contributed by atoms with Gasteiger partial charge in [-0.1, -0.05) is 30.7 Å². The zero-order chi connectivity index (χ0) is 24.1. The second-order valence-corrected chi connectivity index (χ2v) is 8.97. The number of halogens is 1. The van der Waals surface area contributed by atoms with Gasteiger partial charge in [-0.15, -0.1) is 0 Å². The van der Waals surface area contributed by atoms with Crippen LogP contribution < -0.4 is 9.64 Å². The highest BCUT2D eigenvalue weighted by molar-refractivity contribution is 6.30. The van der Waals surface area contributed by atoms with Gasteiger partial charge in [0.1, 0.15) is 17.4 Å². The second kappa shape index (κ2) is 10.9. The van der Waals surface area contributed by atoms with E-state index in [-0.39, 0.29) is 5.91 Å². The number of methoxy groups -OCH3 is 1. The summed E-state index contributed by atoms with van der Waals surface area (Å²) in [5, 5.41) is 0.633. The molecule has 6 nitrogen and oxygen atoms in total. The van der Waals surface area contributed by atoms with Gasteiger partial charge in [0.25, 0.3) is 5.91 Å². The molecule has 4 rings (SSSR count). The summed E-state index contributed by atoms with van der Waals surface area (Å²) in [6, 6.07) is 15.3. The molecule has 0 saturated carbocycles. The molecule has 0 unspecified atom stereocenters. The van der Waals surface area contributed by atoms with E-state index in [4.69, 9.17) is 26.3 Å². The van der Waals surface area contributed by atoms with Crippen LogP contribution in [0.4, 0.5) is 5.82 Å². The molecule has 2 heterocycles. The number of aromatic nitrogens is 2. The molecule has 0 aliphatic carbocycles. The van der Waals surface area contributed by atoms with Crippen LogP contribution in [0, 0.1) is 6.92 Å². The van der Waals surface area contributed by atoms with E-state index < -0.39 is 0 Å². The molecule has 178 valence electrons. The SMILES string of the molecule is CCc1nc(C)nc(N2CCCN(C(=O)c3ccc(Cl)cc3)CC2)c1Cc1ccc(OC)cc1. The molecule has 0 spiro atoms.